The predicted molar refractivity (Wildman–Crippen MR) is 49.8 cm³/mol. The molecule has 0 radical (unpaired) electrons. The Bertz CT molecular complexity index is 161. The lowest BCUT2D eigenvalue weighted by molar-refractivity contribution is -0.249. The number of rotatable bonds is 7. The summed E-state index contributed by atoms with van der Waals surface area (Å²) in [4.78, 5) is 14.9. The van der Waals surface area contributed by atoms with Crippen LogP contribution >= 0.6 is 0 Å². The van der Waals surface area contributed by atoms with Crippen molar-refractivity contribution < 1.29 is 24.4 Å². The van der Waals surface area contributed by atoms with Gasteiger partial charge in [0.25, 0.3) is 0 Å². The molecule has 0 aliphatic carbocycles. The molecule has 5 heteroatoms. The molecule has 5 nitrogen and oxygen atoms in total. The van der Waals surface area contributed by atoms with Crippen molar-refractivity contribution in [2.75, 3.05) is 26.4 Å². The zero-order chi connectivity index (χ0) is 11.0. The summed E-state index contributed by atoms with van der Waals surface area (Å²) in [5, 5.41) is 8.31. The molecule has 0 fully saturated rings. The highest BCUT2D eigenvalue weighted by molar-refractivity contribution is 5.76. The summed E-state index contributed by atoms with van der Waals surface area (Å²) in [6.07, 6.45) is 0. The quantitative estimate of drug-likeness (QED) is 0.499. The summed E-state index contributed by atoms with van der Waals surface area (Å²) in [6.45, 7) is 6.61. The number of hydrogen-bond acceptors (Lipinski definition) is 5. The average Bonchev–Trinajstić information content (AvgIpc) is 2.22. The Morgan fingerprint density at radius 2 is 1.64 bits per heavy atom. The van der Waals surface area contributed by atoms with Crippen LogP contribution in [0.25, 0.3) is 0 Å². The molecule has 0 heterocycles. The second-order valence-electron chi connectivity index (χ2n) is 3.21. The van der Waals surface area contributed by atoms with Crippen LogP contribution in [0.4, 0.5) is 0 Å². The van der Waals surface area contributed by atoms with Crippen LogP contribution in [0.5, 0.6) is 0 Å². The molecule has 0 aromatic carbocycles. The van der Waals surface area contributed by atoms with Gasteiger partial charge in [0.1, 0.15) is 5.41 Å². The van der Waals surface area contributed by atoms with Crippen molar-refractivity contribution in [2.24, 2.45) is 5.41 Å². The Kier molecular flexibility index (Phi) is 6.44. The third-order valence-corrected chi connectivity index (χ3v) is 1.83. The van der Waals surface area contributed by atoms with Gasteiger partial charge in [0.2, 0.25) is 0 Å². The Labute approximate surface area is 83.9 Å². The van der Waals surface area contributed by atoms with E-state index in [1.807, 2.05) is 13.8 Å². The van der Waals surface area contributed by atoms with Gasteiger partial charge in [0, 0.05) is 13.2 Å². The van der Waals surface area contributed by atoms with E-state index in [9.17, 15) is 4.79 Å². The second kappa shape index (κ2) is 6.75. The number of carbonyl (C=O) groups excluding carboxylic acids is 1. The van der Waals surface area contributed by atoms with Gasteiger partial charge in [-0.05, 0) is 20.8 Å². The molecule has 1 N–H and O–H groups in total. The van der Waals surface area contributed by atoms with Crippen molar-refractivity contribution in [1.82, 2.24) is 0 Å². The zero-order valence-corrected chi connectivity index (χ0v) is 8.91. The summed E-state index contributed by atoms with van der Waals surface area (Å²) in [6, 6.07) is 0. The first-order valence-corrected chi connectivity index (χ1v) is 4.62. The SMILES string of the molecule is CCOCC(C)(COCC)C(=O)OO. The van der Waals surface area contributed by atoms with E-state index in [1.165, 1.54) is 0 Å². The van der Waals surface area contributed by atoms with Crippen molar-refractivity contribution in [3.05, 3.63) is 0 Å². The fraction of sp³-hybridized carbons (Fsp3) is 0.889. The van der Waals surface area contributed by atoms with Crippen LogP contribution in [-0.4, -0.2) is 37.7 Å². The molecule has 0 aromatic heterocycles. The molecule has 0 unspecified atom stereocenters. The fourth-order valence-corrected chi connectivity index (χ4v) is 0.924. The summed E-state index contributed by atoms with van der Waals surface area (Å²) in [5.74, 6) is -0.737. The fourth-order valence-electron chi connectivity index (χ4n) is 0.924. The molecule has 14 heavy (non-hydrogen) atoms. The highest BCUT2D eigenvalue weighted by atomic mass is 17.1. The molecule has 0 aliphatic heterocycles. The first-order valence-electron chi connectivity index (χ1n) is 4.62. The van der Waals surface area contributed by atoms with Gasteiger partial charge in [-0.1, -0.05) is 0 Å². The lowest BCUT2D eigenvalue weighted by Crippen LogP contribution is -2.38. The van der Waals surface area contributed by atoms with Crippen LogP contribution in [0.15, 0.2) is 0 Å². The van der Waals surface area contributed by atoms with E-state index >= 15 is 0 Å². The van der Waals surface area contributed by atoms with Crippen LogP contribution in [0.1, 0.15) is 20.8 Å². The van der Waals surface area contributed by atoms with Crippen molar-refractivity contribution in [2.45, 2.75) is 20.8 Å². The minimum Gasteiger partial charge on any atom is -0.380 e. The van der Waals surface area contributed by atoms with Gasteiger partial charge >= 0.3 is 5.97 Å². The largest absolute Gasteiger partial charge is 0.380 e. The summed E-state index contributed by atoms with van der Waals surface area (Å²) in [7, 11) is 0. The highest BCUT2D eigenvalue weighted by Gasteiger charge is 2.36. The lowest BCUT2D eigenvalue weighted by Gasteiger charge is -2.24. The van der Waals surface area contributed by atoms with E-state index in [4.69, 9.17) is 14.7 Å². The summed E-state index contributed by atoms with van der Waals surface area (Å²) < 4.78 is 10.3. The molecule has 0 bridgehead atoms. The van der Waals surface area contributed by atoms with Crippen LogP contribution in [0.2, 0.25) is 0 Å². The van der Waals surface area contributed by atoms with E-state index in [2.05, 4.69) is 4.89 Å². The Morgan fingerprint density at radius 3 is 1.93 bits per heavy atom. The molecule has 0 rings (SSSR count). The van der Waals surface area contributed by atoms with Gasteiger partial charge in [-0.15, -0.1) is 0 Å². The van der Waals surface area contributed by atoms with Gasteiger partial charge in [0.05, 0.1) is 13.2 Å². The maximum Gasteiger partial charge on any atom is 0.352 e. The van der Waals surface area contributed by atoms with Crippen molar-refractivity contribution in [1.29, 1.82) is 0 Å². The number of ether oxygens (including phenoxy) is 2. The van der Waals surface area contributed by atoms with E-state index in [1.54, 1.807) is 6.92 Å². The van der Waals surface area contributed by atoms with Gasteiger partial charge < -0.3 is 14.4 Å². The topological polar surface area (TPSA) is 65.0 Å². The van der Waals surface area contributed by atoms with Crippen molar-refractivity contribution in [3.63, 3.8) is 0 Å². The van der Waals surface area contributed by atoms with Gasteiger partial charge in [-0.2, -0.15) is 5.26 Å². The van der Waals surface area contributed by atoms with Crippen molar-refractivity contribution >= 4 is 5.97 Å². The molecule has 84 valence electrons. The molecule has 0 saturated heterocycles. The van der Waals surface area contributed by atoms with Gasteiger partial charge in [-0.3, -0.25) is 0 Å². The van der Waals surface area contributed by atoms with Crippen molar-refractivity contribution in [3.8, 4) is 0 Å². The number of hydrogen-bond donors (Lipinski definition) is 1. The lowest BCUT2D eigenvalue weighted by atomic mass is 9.93. The normalized spacial score (nSPS) is 11.4. The average molecular weight is 206 g/mol. The minimum atomic E-state index is -0.944. The first-order chi connectivity index (χ1) is 6.60. The molecule has 0 aliphatic rings. The molecule has 0 spiro atoms. The van der Waals surface area contributed by atoms with Crippen LogP contribution in [-0.2, 0) is 19.2 Å². The minimum absolute atomic E-state index is 0.170. The molecular formula is C9H18O5. The Morgan fingerprint density at radius 1 is 1.21 bits per heavy atom. The standard InChI is InChI=1S/C9H18O5/c1-4-12-6-9(3,7-13-5-2)8(10)14-11/h11H,4-7H2,1-3H3. The third-order valence-electron chi connectivity index (χ3n) is 1.83. The van der Waals surface area contributed by atoms with Crippen LogP contribution in [0, 0.1) is 5.41 Å². The number of carbonyl (C=O) groups is 1. The smallest absolute Gasteiger partial charge is 0.352 e. The van der Waals surface area contributed by atoms with E-state index in [-0.39, 0.29) is 13.2 Å². The maximum atomic E-state index is 11.2. The van der Waals surface area contributed by atoms with Gasteiger partial charge in [-0.25, -0.2) is 4.79 Å². The maximum absolute atomic E-state index is 11.2. The third kappa shape index (κ3) is 4.04. The molecule has 0 amide bonds. The zero-order valence-electron chi connectivity index (χ0n) is 8.91. The second-order valence-corrected chi connectivity index (χ2v) is 3.21. The monoisotopic (exact) mass is 206 g/mol. The molecule has 0 atom stereocenters. The van der Waals surface area contributed by atoms with Crippen LogP contribution in [0.3, 0.4) is 0 Å². The summed E-state index contributed by atoms with van der Waals surface area (Å²) >= 11 is 0. The Balaban J connectivity index is 4.24. The highest BCUT2D eigenvalue weighted by Crippen LogP contribution is 2.19. The van der Waals surface area contributed by atoms with E-state index in [0.29, 0.717) is 13.2 Å². The van der Waals surface area contributed by atoms with E-state index < -0.39 is 11.4 Å². The molecular weight excluding hydrogens is 188 g/mol. The Hall–Kier alpha value is -0.650. The first kappa shape index (κ1) is 13.4. The molecule has 0 saturated carbocycles. The van der Waals surface area contributed by atoms with Gasteiger partial charge in [0.15, 0.2) is 0 Å². The van der Waals surface area contributed by atoms with Crippen LogP contribution < -0.4 is 0 Å². The molecule has 0 aromatic rings. The van der Waals surface area contributed by atoms with E-state index in [0.717, 1.165) is 0 Å². The predicted octanol–water partition coefficient (Wildman–Crippen LogP) is 1.08. The summed E-state index contributed by atoms with van der Waals surface area (Å²) in [5.41, 5.74) is -0.944.